The van der Waals surface area contributed by atoms with Crippen molar-refractivity contribution in [3.63, 3.8) is 0 Å². The van der Waals surface area contributed by atoms with E-state index in [4.69, 9.17) is 9.47 Å². The van der Waals surface area contributed by atoms with Gasteiger partial charge in [0.25, 0.3) is 10.0 Å². The summed E-state index contributed by atoms with van der Waals surface area (Å²) in [5, 5.41) is 2.88. The number of sulfonamides is 1. The van der Waals surface area contributed by atoms with Gasteiger partial charge in [-0.1, -0.05) is 36.4 Å². The summed E-state index contributed by atoms with van der Waals surface area (Å²) < 4.78 is 39.1. The van der Waals surface area contributed by atoms with Gasteiger partial charge in [0.05, 0.1) is 25.9 Å². The Kier molecular flexibility index (Phi) is 7.60. The number of carbonyl (C=O) groups excluding carboxylic acids is 1. The van der Waals surface area contributed by atoms with E-state index < -0.39 is 22.5 Å². The molecule has 0 aliphatic heterocycles. The minimum absolute atomic E-state index is 0.00951. The zero-order valence-corrected chi connectivity index (χ0v) is 19.9. The minimum Gasteiger partial charge on any atom is -0.497 e. The predicted octanol–water partition coefficient (Wildman–Crippen LogP) is 4.08. The van der Waals surface area contributed by atoms with Gasteiger partial charge in [-0.25, -0.2) is 8.42 Å². The standard InChI is InChI=1S/C25H28N2O5S/c1-18-10-15-23(32-4)24(16-18)33(29,30)27(21-11-13-22(31-3)14-12-21)17-25(28)26-19(2)20-8-6-5-7-9-20/h5-16,19H,17H2,1-4H3,(H,26,28)/t19-/m1/s1. The topological polar surface area (TPSA) is 84.9 Å². The molecule has 0 spiro atoms. The van der Waals surface area contributed by atoms with E-state index in [2.05, 4.69) is 5.32 Å². The maximum atomic E-state index is 13.7. The SMILES string of the molecule is COc1ccc(N(CC(=O)N[C@H](C)c2ccccc2)S(=O)(=O)c2cc(C)ccc2OC)cc1. The van der Waals surface area contributed by atoms with Crippen molar-refractivity contribution in [3.8, 4) is 11.5 Å². The highest BCUT2D eigenvalue weighted by Gasteiger charge is 2.30. The number of nitrogens with zero attached hydrogens (tertiary/aromatic N) is 1. The van der Waals surface area contributed by atoms with E-state index in [0.29, 0.717) is 11.4 Å². The average Bonchev–Trinajstić information content (AvgIpc) is 2.83. The highest BCUT2D eigenvalue weighted by Crippen LogP contribution is 2.31. The Morgan fingerprint density at radius 1 is 0.970 bits per heavy atom. The number of anilines is 1. The van der Waals surface area contributed by atoms with Crippen LogP contribution in [0.1, 0.15) is 24.1 Å². The van der Waals surface area contributed by atoms with Crippen LogP contribution >= 0.6 is 0 Å². The third kappa shape index (κ3) is 5.64. The highest BCUT2D eigenvalue weighted by atomic mass is 32.2. The lowest BCUT2D eigenvalue weighted by atomic mass is 10.1. The molecular formula is C25H28N2O5S. The number of benzene rings is 3. The van der Waals surface area contributed by atoms with Gasteiger partial charge < -0.3 is 14.8 Å². The van der Waals surface area contributed by atoms with Crippen molar-refractivity contribution < 1.29 is 22.7 Å². The molecule has 0 unspecified atom stereocenters. The van der Waals surface area contributed by atoms with Gasteiger partial charge in [0.15, 0.2) is 0 Å². The minimum atomic E-state index is -4.13. The molecule has 0 heterocycles. The quantitative estimate of drug-likeness (QED) is 0.511. The Morgan fingerprint density at radius 2 is 1.64 bits per heavy atom. The molecule has 1 amide bonds. The number of aryl methyl sites for hydroxylation is 1. The lowest BCUT2D eigenvalue weighted by Gasteiger charge is -2.26. The molecule has 0 aliphatic carbocycles. The third-order valence-corrected chi connectivity index (χ3v) is 7.01. The smallest absolute Gasteiger partial charge is 0.268 e. The first-order valence-corrected chi connectivity index (χ1v) is 11.9. The van der Waals surface area contributed by atoms with Crippen LogP contribution in [0.3, 0.4) is 0 Å². The van der Waals surface area contributed by atoms with Crippen LogP contribution in [-0.4, -0.2) is 35.1 Å². The highest BCUT2D eigenvalue weighted by molar-refractivity contribution is 7.93. The molecule has 7 nitrogen and oxygen atoms in total. The van der Waals surface area contributed by atoms with Crippen LogP contribution in [-0.2, 0) is 14.8 Å². The van der Waals surface area contributed by atoms with Gasteiger partial charge in [-0.05, 0) is 61.4 Å². The molecule has 0 fully saturated rings. The molecule has 0 aromatic heterocycles. The number of carbonyl (C=O) groups is 1. The van der Waals surface area contributed by atoms with Crippen molar-refractivity contribution in [2.45, 2.75) is 24.8 Å². The molecular weight excluding hydrogens is 440 g/mol. The molecule has 3 aromatic carbocycles. The van der Waals surface area contributed by atoms with Crippen molar-refractivity contribution in [1.29, 1.82) is 0 Å². The molecule has 33 heavy (non-hydrogen) atoms. The molecule has 8 heteroatoms. The van der Waals surface area contributed by atoms with Gasteiger partial charge >= 0.3 is 0 Å². The van der Waals surface area contributed by atoms with Crippen LogP contribution in [0.25, 0.3) is 0 Å². The predicted molar refractivity (Wildman–Crippen MR) is 128 cm³/mol. The summed E-state index contributed by atoms with van der Waals surface area (Å²) >= 11 is 0. The maximum Gasteiger partial charge on any atom is 0.268 e. The number of amides is 1. The van der Waals surface area contributed by atoms with Crippen LogP contribution in [0, 0.1) is 6.92 Å². The normalized spacial score (nSPS) is 12.0. The fourth-order valence-electron chi connectivity index (χ4n) is 3.41. The largest absolute Gasteiger partial charge is 0.497 e. The Balaban J connectivity index is 1.97. The summed E-state index contributed by atoms with van der Waals surface area (Å²) in [5.74, 6) is 0.348. The molecule has 174 valence electrons. The van der Waals surface area contributed by atoms with Gasteiger partial charge in [0.1, 0.15) is 22.9 Å². The zero-order chi connectivity index (χ0) is 24.0. The van der Waals surface area contributed by atoms with Gasteiger partial charge in [-0.15, -0.1) is 0 Å². The van der Waals surface area contributed by atoms with Crippen LogP contribution in [0.2, 0.25) is 0 Å². The van der Waals surface area contributed by atoms with Gasteiger partial charge in [0.2, 0.25) is 5.91 Å². The Labute approximate surface area is 195 Å². The Bertz CT molecular complexity index is 1200. The molecule has 3 rings (SSSR count). The maximum absolute atomic E-state index is 13.7. The van der Waals surface area contributed by atoms with Crippen LogP contribution in [0.4, 0.5) is 5.69 Å². The lowest BCUT2D eigenvalue weighted by molar-refractivity contribution is -0.120. The molecule has 1 atom stereocenters. The second-order valence-corrected chi connectivity index (χ2v) is 9.39. The molecule has 3 aromatic rings. The third-order valence-electron chi connectivity index (χ3n) is 5.21. The number of hydrogen-bond acceptors (Lipinski definition) is 5. The Morgan fingerprint density at radius 3 is 2.24 bits per heavy atom. The fourth-order valence-corrected chi connectivity index (χ4v) is 5.07. The van der Waals surface area contributed by atoms with E-state index >= 15 is 0 Å². The number of rotatable bonds is 9. The van der Waals surface area contributed by atoms with E-state index in [-0.39, 0.29) is 16.7 Å². The summed E-state index contributed by atoms with van der Waals surface area (Å²) in [6.07, 6.45) is 0. The lowest BCUT2D eigenvalue weighted by Crippen LogP contribution is -2.41. The van der Waals surface area contributed by atoms with Crippen molar-refractivity contribution in [2.75, 3.05) is 25.1 Å². The van der Waals surface area contributed by atoms with Crippen molar-refractivity contribution in [3.05, 3.63) is 83.9 Å². The van der Waals surface area contributed by atoms with Crippen LogP contribution in [0.15, 0.2) is 77.7 Å². The first-order chi connectivity index (χ1) is 15.8. The summed E-state index contributed by atoms with van der Waals surface area (Å²) in [5.41, 5.74) is 2.01. The van der Waals surface area contributed by atoms with Gasteiger partial charge in [-0.3, -0.25) is 9.10 Å². The summed E-state index contributed by atoms with van der Waals surface area (Å²) in [7, 11) is -1.19. The molecule has 0 aliphatic rings. The first-order valence-electron chi connectivity index (χ1n) is 10.4. The molecule has 0 bridgehead atoms. The van der Waals surface area contributed by atoms with Gasteiger partial charge in [-0.2, -0.15) is 0 Å². The van der Waals surface area contributed by atoms with Crippen molar-refractivity contribution in [2.24, 2.45) is 0 Å². The number of nitrogens with one attached hydrogen (secondary N) is 1. The second kappa shape index (κ2) is 10.4. The first kappa shape index (κ1) is 24.1. The molecule has 0 saturated carbocycles. The molecule has 1 N–H and O–H groups in total. The van der Waals surface area contributed by atoms with E-state index in [1.807, 2.05) is 37.3 Å². The number of methoxy groups -OCH3 is 2. The van der Waals surface area contributed by atoms with E-state index in [1.165, 1.54) is 20.3 Å². The van der Waals surface area contributed by atoms with E-state index in [9.17, 15) is 13.2 Å². The number of ether oxygens (including phenoxy) is 2. The van der Waals surface area contributed by atoms with Crippen molar-refractivity contribution in [1.82, 2.24) is 5.32 Å². The summed E-state index contributed by atoms with van der Waals surface area (Å²) in [4.78, 5) is 13.0. The monoisotopic (exact) mass is 468 g/mol. The molecule has 0 saturated heterocycles. The summed E-state index contributed by atoms with van der Waals surface area (Å²) in [6.45, 7) is 3.25. The van der Waals surface area contributed by atoms with Crippen molar-refractivity contribution >= 4 is 21.6 Å². The molecule has 0 radical (unpaired) electrons. The average molecular weight is 469 g/mol. The van der Waals surface area contributed by atoms with Crippen LogP contribution in [0.5, 0.6) is 11.5 Å². The Hall–Kier alpha value is -3.52. The summed E-state index contributed by atoms with van der Waals surface area (Å²) in [6, 6.07) is 20.6. The van der Waals surface area contributed by atoms with Crippen LogP contribution < -0.4 is 19.1 Å². The second-order valence-electron chi connectivity index (χ2n) is 7.56. The van der Waals surface area contributed by atoms with E-state index in [0.717, 1.165) is 15.4 Å². The van der Waals surface area contributed by atoms with Gasteiger partial charge in [0, 0.05) is 0 Å². The zero-order valence-electron chi connectivity index (χ0n) is 19.1. The van der Waals surface area contributed by atoms with E-state index in [1.54, 1.807) is 43.3 Å². The fraction of sp³-hybridized carbons (Fsp3) is 0.240. The number of hydrogen-bond donors (Lipinski definition) is 1.